The summed E-state index contributed by atoms with van der Waals surface area (Å²) in [5.74, 6) is -0.924. The van der Waals surface area contributed by atoms with E-state index in [9.17, 15) is 9.90 Å². The molecule has 7 heteroatoms. The number of fused-ring (bicyclic) bond motifs is 1. The highest BCUT2D eigenvalue weighted by Crippen LogP contribution is 2.41. The normalized spacial score (nSPS) is 10.9. The first kappa shape index (κ1) is 15.6. The topological polar surface area (TPSA) is 72.6 Å². The summed E-state index contributed by atoms with van der Waals surface area (Å²) in [6, 6.07) is 8.30. The molecular formula is C16H11Cl2NO4. The van der Waals surface area contributed by atoms with Gasteiger partial charge in [0.1, 0.15) is 11.3 Å². The van der Waals surface area contributed by atoms with Crippen LogP contribution in [0.4, 0.5) is 0 Å². The van der Waals surface area contributed by atoms with Gasteiger partial charge < -0.3 is 14.3 Å². The van der Waals surface area contributed by atoms with Gasteiger partial charge in [-0.15, -0.1) is 0 Å². The molecule has 1 heterocycles. The van der Waals surface area contributed by atoms with Gasteiger partial charge in [0.25, 0.3) is 0 Å². The maximum absolute atomic E-state index is 12.2. The number of carbonyl (C=O) groups excluding carboxylic acids is 1. The molecule has 0 atom stereocenters. The molecule has 3 aromatic rings. The van der Waals surface area contributed by atoms with E-state index in [4.69, 9.17) is 32.4 Å². The maximum atomic E-state index is 12.2. The number of carbonyl (C=O) groups is 1. The number of nitrogens with zero attached hydrogens (tertiary/aromatic N) is 1. The van der Waals surface area contributed by atoms with Crippen LogP contribution in [0, 0.1) is 0 Å². The minimum atomic E-state index is -0.715. The van der Waals surface area contributed by atoms with Gasteiger partial charge in [0.05, 0.1) is 27.8 Å². The first-order valence-corrected chi connectivity index (χ1v) is 7.52. The SMILES string of the molecule is CCOC(=O)c1c(Cl)c(Cl)cc(O)c1-c1nc2ccccc2o1. The van der Waals surface area contributed by atoms with Crippen LogP contribution in [0.3, 0.4) is 0 Å². The van der Waals surface area contributed by atoms with E-state index in [1.807, 2.05) is 0 Å². The fourth-order valence-electron chi connectivity index (χ4n) is 2.20. The highest BCUT2D eigenvalue weighted by atomic mass is 35.5. The molecule has 0 saturated heterocycles. The summed E-state index contributed by atoms with van der Waals surface area (Å²) in [4.78, 5) is 16.5. The lowest BCUT2D eigenvalue weighted by atomic mass is 10.1. The third kappa shape index (κ3) is 2.73. The number of rotatable bonds is 3. The number of esters is 1. The summed E-state index contributed by atoms with van der Waals surface area (Å²) in [7, 11) is 0. The summed E-state index contributed by atoms with van der Waals surface area (Å²) in [6.07, 6.45) is 0. The summed E-state index contributed by atoms with van der Waals surface area (Å²) < 4.78 is 10.6. The highest BCUT2D eigenvalue weighted by Gasteiger charge is 2.27. The average molecular weight is 352 g/mol. The number of aromatic nitrogens is 1. The van der Waals surface area contributed by atoms with Gasteiger partial charge in [0.2, 0.25) is 5.89 Å². The van der Waals surface area contributed by atoms with Gasteiger partial charge >= 0.3 is 5.97 Å². The third-order valence-electron chi connectivity index (χ3n) is 3.19. The van der Waals surface area contributed by atoms with Crippen molar-refractivity contribution < 1.29 is 19.1 Å². The molecule has 5 nitrogen and oxygen atoms in total. The minimum Gasteiger partial charge on any atom is -0.507 e. The average Bonchev–Trinajstić information content (AvgIpc) is 2.94. The van der Waals surface area contributed by atoms with Crippen molar-refractivity contribution >= 4 is 40.3 Å². The standard InChI is InChI=1S/C16H11Cl2NO4/c1-2-22-16(21)13-12(10(20)7-8(17)14(13)18)15-19-9-5-3-4-6-11(9)23-15/h3-7,20H,2H2,1H3. The molecule has 0 spiro atoms. The molecular weight excluding hydrogens is 341 g/mol. The van der Waals surface area contributed by atoms with E-state index in [-0.39, 0.29) is 39.4 Å². The summed E-state index contributed by atoms with van der Waals surface area (Å²) in [5.41, 5.74) is 1.07. The zero-order valence-corrected chi connectivity index (χ0v) is 13.5. The number of phenolic OH excluding ortho intramolecular Hbond substituents is 1. The van der Waals surface area contributed by atoms with E-state index in [0.29, 0.717) is 11.1 Å². The van der Waals surface area contributed by atoms with E-state index >= 15 is 0 Å². The van der Waals surface area contributed by atoms with Crippen molar-refractivity contribution in [1.29, 1.82) is 0 Å². The van der Waals surface area contributed by atoms with Crippen molar-refractivity contribution in [2.75, 3.05) is 6.61 Å². The minimum absolute atomic E-state index is 0.0276. The van der Waals surface area contributed by atoms with Gasteiger partial charge in [-0.1, -0.05) is 35.3 Å². The van der Waals surface area contributed by atoms with E-state index < -0.39 is 5.97 Å². The van der Waals surface area contributed by atoms with Crippen LogP contribution in [-0.4, -0.2) is 22.7 Å². The molecule has 0 aliphatic carbocycles. The van der Waals surface area contributed by atoms with Crippen molar-refractivity contribution in [2.24, 2.45) is 0 Å². The van der Waals surface area contributed by atoms with Crippen LogP contribution in [0.1, 0.15) is 17.3 Å². The number of para-hydroxylation sites is 2. The molecule has 0 unspecified atom stereocenters. The molecule has 0 radical (unpaired) electrons. The Morgan fingerprint density at radius 2 is 2.09 bits per heavy atom. The monoisotopic (exact) mass is 351 g/mol. The zero-order chi connectivity index (χ0) is 16.6. The molecule has 2 aromatic carbocycles. The second-order valence-electron chi connectivity index (χ2n) is 4.65. The van der Waals surface area contributed by atoms with Crippen molar-refractivity contribution in [2.45, 2.75) is 6.92 Å². The number of hydrogen-bond acceptors (Lipinski definition) is 5. The van der Waals surface area contributed by atoms with Crippen LogP contribution in [0.25, 0.3) is 22.6 Å². The summed E-state index contributed by atoms with van der Waals surface area (Å²) in [5, 5.41) is 10.2. The number of ether oxygens (including phenoxy) is 1. The number of halogens is 2. The molecule has 118 valence electrons. The lowest BCUT2D eigenvalue weighted by Crippen LogP contribution is -2.08. The van der Waals surface area contributed by atoms with Gasteiger partial charge in [-0.2, -0.15) is 0 Å². The van der Waals surface area contributed by atoms with Crippen molar-refractivity contribution in [3.63, 3.8) is 0 Å². The third-order valence-corrected chi connectivity index (χ3v) is 3.97. The number of benzene rings is 2. The fourth-order valence-corrected chi connectivity index (χ4v) is 2.63. The van der Waals surface area contributed by atoms with E-state index in [1.165, 1.54) is 6.07 Å². The fraction of sp³-hybridized carbons (Fsp3) is 0.125. The Bertz CT molecular complexity index is 871. The van der Waals surface area contributed by atoms with Crippen LogP contribution in [0.2, 0.25) is 10.0 Å². The first-order valence-electron chi connectivity index (χ1n) is 6.77. The van der Waals surface area contributed by atoms with E-state index in [0.717, 1.165) is 0 Å². The molecule has 1 aromatic heterocycles. The molecule has 3 rings (SSSR count). The van der Waals surface area contributed by atoms with E-state index in [2.05, 4.69) is 4.98 Å². The molecule has 0 fully saturated rings. The molecule has 0 aliphatic rings. The quantitative estimate of drug-likeness (QED) is 0.693. The summed E-state index contributed by atoms with van der Waals surface area (Å²) >= 11 is 12.1. The van der Waals surface area contributed by atoms with Crippen molar-refractivity contribution in [1.82, 2.24) is 4.98 Å². The molecule has 23 heavy (non-hydrogen) atoms. The number of aromatic hydroxyl groups is 1. The Morgan fingerprint density at radius 3 is 2.78 bits per heavy atom. The van der Waals surface area contributed by atoms with Gasteiger partial charge in [-0.3, -0.25) is 0 Å². The van der Waals surface area contributed by atoms with Gasteiger partial charge in [0, 0.05) is 6.07 Å². The van der Waals surface area contributed by atoms with Gasteiger partial charge in [-0.25, -0.2) is 9.78 Å². The van der Waals surface area contributed by atoms with Gasteiger partial charge in [-0.05, 0) is 19.1 Å². The molecule has 1 N–H and O–H groups in total. The largest absolute Gasteiger partial charge is 0.507 e. The van der Waals surface area contributed by atoms with Crippen molar-refractivity contribution in [3.05, 3.63) is 45.9 Å². The molecule has 0 amide bonds. The number of phenols is 1. The lowest BCUT2D eigenvalue weighted by molar-refractivity contribution is 0.0527. The lowest BCUT2D eigenvalue weighted by Gasteiger charge is -2.11. The van der Waals surface area contributed by atoms with Crippen LogP contribution in [-0.2, 0) is 4.74 Å². The maximum Gasteiger partial charge on any atom is 0.340 e. The van der Waals surface area contributed by atoms with Crippen LogP contribution in [0.5, 0.6) is 5.75 Å². The van der Waals surface area contributed by atoms with E-state index in [1.54, 1.807) is 31.2 Å². The number of hydrogen-bond donors (Lipinski definition) is 1. The van der Waals surface area contributed by atoms with Crippen LogP contribution in [0.15, 0.2) is 34.7 Å². The Morgan fingerprint density at radius 1 is 1.35 bits per heavy atom. The summed E-state index contributed by atoms with van der Waals surface area (Å²) in [6.45, 7) is 1.81. The molecule has 0 bridgehead atoms. The second kappa shape index (κ2) is 6.10. The second-order valence-corrected chi connectivity index (χ2v) is 5.43. The Labute approximate surface area is 141 Å². The van der Waals surface area contributed by atoms with Gasteiger partial charge in [0.15, 0.2) is 5.58 Å². The predicted molar refractivity (Wildman–Crippen MR) is 87.1 cm³/mol. The highest BCUT2D eigenvalue weighted by molar-refractivity contribution is 6.44. The van der Waals surface area contributed by atoms with Crippen LogP contribution < -0.4 is 0 Å². The zero-order valence-electron chi connectivity index (χ0n) is 12.0. The Balaban J connectivity index is 2.29. The Hall–Kier alpha value is -2.24. The smallest absolute Gasteiger partial charge is 0.340 e. The van der Waals surface area contributed by atoms with Crippen molar-refractivity contribution in [3.8, 4) is 17.2 Å². The molecule has 0 saturated carbocycles. The van der Waals surface area contributed by atoms with Crippen LogP contribution >= 0.6 is 23.2 Å². The molecule has 0 aliphatic heterocycles. The Kier molecular flexibility index (Phi) is 4.15. The first-order chi connectivity index (χ1) is 11.0. The number of oxazole rings is 1. The predicted octanol–water partition coefficient (Wildman–Crippen LogP) is 4.68.